The molecule has 1 unspecified atom stereocenters. The Bertz CT molecular complexity index is 1100. The standard InChI is InChI=1S/C19H20FN7S/c1-12-9-13(2)27(24-12)14(3)19-23-22-17(28-19)10-16-6-8-26(25-16)11-15-5-4-7-21-18(15)20/h4-9,14H,10-11H2,1-3H3. The van der Waals surface area contributed by atoms with Crippen LogP contribution >= 0.6 is 11.3 Å². The van der Waals surface area contributed by atoms with Gasteiger partial charge in [-0.15, -0.1) is 10.2 Å². The molecule has 0 aliphatic rings. The second kappa shape index (κ2) is 7.59. The van der Waals surface area contributed by atoms with Gasteiger partial charge in [0, 0.05) is 30.1 Å². The van der Waals surface area contributed by atoms with Crippen LogP contribution in [0.5, 0.6) is 0 Å². The number of hydrogen-bond acceptors (Lipinski definition) is 6. The van der Waals surface area contributed by atoms with Crippen LogP contribution in [0.25, 0.3) is 0 Å². The summed E-state index contributed by atoms with van der Waals surface area (Å²) in [4.78, 5) is 3.67. The monoisotopic (exact) mass is 397 g/mol. The lowest BCUT2D eigenvalue weighted by Crippen LogP contribution is -2.10. The normalized spacial score (nSPS) is 12.4. The molecule has 144 valence electrons. The van der Waals surface area contributed by atoms with Crippen molar-refractivity contribution in [3.05, 3.63) is 75.3 Å². The Morgan fingerprint density at radius 2 is 2.04 bits per heavy atom. The van der Waals surface area contributed by atoms with E-state index >= 15 is 0 Å². The van der Waals surface area contributed by atoms with Crippen molar-refractivity contribution >= 4 is 11.3 Å². The van der Waals surface area contributed by atoms with Gasteiger partial charge in [-0.3, -0.25) is 9.36 Å². The van der Waals surface area contributed by atoms with E-state index in [0.29, 0.717) is 18.5 Å². The van der Waals surface area contributed by atoms with Crippen LogP contribution in [0.2, 0.25) is 0 Å². The summed E-state index contributed by atoms with van der Waals surface area (Å²) in [5, 5.41) is 19.5. The van der Waals surface area contributed by atoms with E-state index in [1.54, 1.807) is 28.2 Å². The van der Waals surface area contributed by atoms with Gasteiger partial charge in [0.15, 0.2) is 0 Å². The molecule has 0 aromatic carbocycles. The summed E-state index contributed by atoms with van der Waals surface area (Å²) in [7, 11) is 0. The van der Waals surface area contributed by atoms with Crippen molar-refractivity contribution in [2.45, 2.75) is 39.8 Å². The Morgan fingerprint density at radius 3 is 2.79 bits per heavy atom. The van der Waals surface area contributed by atoms with Crippen LogP contribution in [0.15, 0.2) is 36.7 Å². The van der Waals surface area contributed by atoms with Gasteiger partial charge in [0.05, 0.1) is 17.9 Å². The van der Waals surface area contributed by atoms with Crippen LogP contribution in [0.3, 0.4) is 0 Å². The van der Waals surface area contributed by atoms with E-state index in [4.69, 9.17) is 0 Å². The smallest absolute Gasteiger partial charge is 0.217 e. The van der Waals surface area contributed by atoms with Gasteiger partial charge in [0.25, 0.3) is 0 Å². The molecule has 0 saturated carbocycles. The lowest BCUT2D eigenvalue weighted by atomic mass is 10.3. The van der Waals surface area contributed by atoms with Crippen molar-refractivity contribution in [2.24, 2.45) is 0 Å². The van der Waals surface area contributed by atoms with E-state index in [9.17, 15) is 4.39 Å². The van der Waals surface area contributed by atoms with Gasteiger partial charge >= 0.3 is 0 Å². The number of nitrogens with zero attached hydrogens (tertiary/aromatic N) is 7. The molecule has 0 fully saturated rings. The average Bonchev–Trinajstić information content (AvgIpc) is 3.38. The summed E-state index contributed by atoms with van der Waals surface area (Å²) in [6.07, 6.45) is 3.86. The minimum absolute atomic E-state index is 0.0334. The molecule has 7 nitrogen and oxygen atoms in total. The van der Waals surface area contributed by atoms with Gasteiger partial charge in [-0.2, -0.15) is 14.6 Å². The molecule has 0 bridgehead atoms. The van der Waals surface area contributed by atoms with Crippen molar-refractivity contribution in [3.63, 3.8) is 0 Å². The number of hydrogen-bond donors (Lipinski definition) is 0. The van der Waals surface area contributed by atoms with Gasteiger partial charge < -0.3 is 0 Å². The maximum absolute atomic E-state index is 13.7. The highest BCUT2D eigenvalue weighted by Gasteiger charge is 2.17. The molecule has 0 radical (unpaired) electrons. The van der Waals surface area contributed by atoms with Gasteiger partial charge in [-0.05, 0) is 39.0 Å². The number of pyridine rings is 1. The first-order valence-corrected chi connectivity index (χ1v) is 9.78. The minimum Gasteiger partial charge on any atom is -0.268 e. The maximum atomic E-state index is 13.7. The molecule has 1 atom stereocenters. The highest BCUT2D eigenvalue weighted by molar-refractivity contribution is 7.11. The summed E-state index contributed by atoms with van der Waals surface area (Å²) >= 11 is 1.56. The van der Waals surface area contributed by atoms with E-state index in [-0.39, 0.29) is 6.04 Å². The van der Waals surface area contributed by atoms with Gasteiger partial charge in [-0.25, -0.2) is 4.98 Å². The number of rotatable bonds is 6. The summed E-state index contributed by atoms with van der Waals surface area (Å²) in [6, 6.07) is 7.43. The molecule has 4 aromatic heterocycles. The van der Waals surface area contributed by atoms with Gasteiger partial charge in [0.2, 0.25) is 5.95 Å². The second-order valence-electron chi connectivity index (χ2n) is 6.72. The quantitative estimate of drug-likeness (QED) is 0.467. The van der Waals surface area contributed by atoms with Gasteiger partial charge in [0.1, 0.15) is 16.1 Å². The molecule has 0 amide bonds. The maximum Gasteiger partial charge on any atom is 0.217 e. The van der Waals surface area contributed by atoms with Crippen molar-refractivity contribution in [3.8, 4) is 0 Å². The molecule has 9 heteroatoms. The Kier molecular flexibility index (Phi) is 4.99. The average molecular weight is 397 g/mol. The molecule has 0 saturated heterocycles. The SMILES string of the molecule is Cc1cc(C)n(C(C)c2nnc(Cc3ccn(Cc4cccnc4F)n3)s2)n1. The van der Waals surface area contributed by atoms with Crippen LogP contribution in [-0.4, -0.2) is 34.7 Å². The van der Waals surface area contributed by atoms with Crippen LogP contribution in [0.1, 0.15) is 45.6 Å². The van der Waals surface area contributed by atoms with Crippen LogP contribution in [0.4, 0.5) is 4.39 Å². The van der Waals surface area contributed by atoms with Gasteiger partial charge in [-0.1, -0.05) is 17.4 Å². The first kappa shape index (κ1) is 18.4. The Hall–Kier alpha value is -2.94. The lowest BCUT2D eigenvalue weighted by molar-refractivity contribution is 0.540. The van der Waals surface area contributed by atoms with Crippen LogP contribution in [-0.2, 0) is 13.0 Å². The Labute approximate surface area is 165 Å². The fraction of sp³-hybridized carbons (Fsp3) is 0.316. The molecule has 28 heavy (non-hydrogen) atoms. The van der Waals surface area contributed by atoms with Crippen LogP contribution < -0.4 is 0 Å². The topological polar surface area (TPSA) is 74.3 Å². The third kappa shape index (κ3) is 3.84. The first-order chi connectivity index (χ1) is 13.5. The molecular formula is C19H20FN7S. The largest absolute Gasteiger partial charge is 0.268 e. The zero-order valence-corrected chi connectivity index (χ0v) is 16.7. The summed E-state index contributed by atoms with van der Waals surface area (Å²) in [5.41, 5.74) is 3.47. The second-order valence-corrected chi connectivity index (χ2v) is 7.81. The van der Waals surface area contributed by atoms with Crippen molar-refractivity contribution in [1.82, 2.24) is 34.7 Å². The summed E-state index contributed by atoms with van der Waals surface area (Å²) < 4.78 is 17.4. The first-order valence-electron chi connectivity index (χ1n) is 8.96. The molecule has 0 N–H and O–H groups in total. The van der Waals surface area contributed by atoms with E-state index in [2.05, 4.69) is 38.4 Å². The predicted molar refractivity (Wildman–Crippen MR) is 104 cm³/mol. The molecule has 0 aliphatic carbocycles. The lowest BCUT2D eigenvalue weighted by Gasteiger charge is -2.10. The fourth-order valence-corrected chi connectivity index (χ4v) is 4.00. The number of aryl methyl sites for hydroxylation is 2. The van der Waals surface area contributed by atoms with Crippen LogP contribution in [0, 0.1) is 19.8 Å². The predicted octanol–water partition coefficient (Wildman–Crippen LogP) is 3.33. The van der Waals surface area contributed by atoms with E-state index in [1.807, 2.05) is 30.8 Å². The van der Waals surface area contributed by atoms with E-state index in [1.165, 1.54) is 6.20 Å². The Balaban J connectivity index is 1.45. The number of aromatic nitrogens is 7. The van der Waals surface area contributed by atoms with Crippen molar-refractivity contribution < 1.29 is 4.39 Å². The Morgan fingerprint density at radius 1 is 1.18 bits per heavy atom. The third-order valence-electron chi connectivity index (χ3n) is 4.45. The fourth-order valence-electron chi connectivity index (χ4n) is 3.10. The zero-order chi connectivity index (χ0) is 19.7. The minimum atomic E-state index is -0.466. The van der Waals surface area contributed by atoms with E-state index < -0.39 is 5.95 Å². The molecule has 4 aromatic rings. The highest BCUT2D eigenvalue weighted by atomic mass is 32.1. The molecule has 0 aliphatic heterocycles. The summed E-state index contributed by atoms with van der Waals surface area (Å²) in [6.45, 7) is 6.43. The van der Waals surface area contributed by atoms with Crippen molar-refractivity contribution in [2.75, 3.05) is 0 Å². The summed E-state index contributed by atoms with van der Waals surface area (Å²) in [5.74, 6) is -0.466. The molecule has 0 spiro atoms. The van der Waals surface area contributed by atoms with E-state index in [0.717, 1.165) is 27.1 Å². The molecule has 4 rings (SSSR count). The molecule has 4 heterocycles. The molecular weight excluding hydrogens is 377 g/mol. The zero-order valence-electron chi connectivity index (χ0n) is 15.9. The third-order valence-corrected chi connectivity index (χ3v) is 5.54. The van der Waals surface area contributed by atoms with Crippen molar-refractivity contribution in [1.29, 1.82) is 0 Å². The number of halogens is 1. The highest BCUT2D eigenvalue weighted by Crippen LogP contribution is 2.24.